The third-order valence-electron chi connectivity index (χ3n) is 3.51. The van der Waals surface area contributed by atoms with E-state index in [-0.39, 0.29) is 31.3 Å². The maximum atomic E-state index is 12.5. The smallest absolute Gasteiger partial charge is 0.337 e. The van der Waals surface area contributed by atoms with Crippen molar-refractivity contribution in [2.45, 2.75) is 4.34 Å². The molecule has 0 saturated carbocycles. The van der Waals surface area contributed by atoms with Crippen molar-refractivity contribution < 1.29 is 22.7 Å². The molecule has 150 valence electrons. The quantitative estimate of drug-likeness (QED) is 0.434. The molecule has 0 saturated heterocycles. The second-order valence-electron chi connectivity index (χ2n) is 5.48. The average Bonchev–Trinajstić information content (AvgIpc) is 3.17. The molecule has 0 atom stereocenters. The van der Waals surface area contributed by atoms with E-state index in [4.69, 9.17) is 11.6 Å². The molecule has 0 aliphatic carbocycles. The number of anilines is 2. The fourth-order valence-electron chi connectivity index (χ4n) is 2.20. The standard InChI is InChI=1S/C17H13ClN4O5S2/c1-27-15(24)10-5-4-6-11(9-10)22-29(25,26)17-21-20-16(28-17)19-14(23)12-7-2-3-8-13(12)18/h2-9,22H,1H3,(H,19,20,23). The second kappa shape index (κ2) is 8.55. The van der Waals surface area contributed by atoms with Crippen molar-refractivity contribution in [1.29, 1.82) is 0 Å². The molecule has 1 amide bonds. The largest absolute Gasteiger partial charge is 0.465 e. The summed E-state index contributed by atoms with van der Waals surface area (Å²) >= 11 is 6.63. The summed E-state index contributed by atoms with van der Waals surface area (Å²) in [6.45, 7) is 0. The van der Waals surface area contributed by atoms with Gasteiger partial charge in [0.2, 0.25) is 5.13 Å². The first-order valence-electron chi connectivity index (χ1n) is 7.91. The van der Waals surface area contributed by atoms with E-state index in [9.17, 15) is 18.0 Å². The van der Waals surface area contributed by atoms with Crippen LogP contribution in [0.15, 0.2) is 52.9 Å². The molecule has 29 heavy (non-hydrogen) atoms. The number of carbonyl (C=O) groups excluding carboxylic acids is 2. The van der Waals surface area contributed by atoms with Gasteiger partial charge in [0.05, 0.1) is 23.3 Å². The predicted octanol–water partition coefficient (Wildman–Crippen LogP) is 3.03. The van der Waals surface area contributed by atoms with Gasteiger partial charge in [0.25, 0.3) is 20.3 Å². The number of carbonyl (C=O) groups is 2. The molecular formula is C17H13ClN4O5S2. The number of aromatic nitrogens is 2. The van der Waals surface area contributed by atoms with E-state index in [0.29, 0.717) is 11.3 Å². The molecule has 12 heteroatoms. The van der Waals surface area contributed by atoms with Crippen molar-refractivity contribution in [3.63, 3.8) is 0 Å². The lowest BCUT2D eigenvalue weighted by molar-refractivity contribution is 0.0600. The summed E-state index contributed by atoms with van der Waals surface area (Å²) in [4.78, 5) is 23.8. The van der Waals surface area contributed by atoms with Gasteiger partial charge < -0.3 is 4.74 Å². The highest BCUT2D eigenvalue weighted by atomic mass is 35.5. The van der Waals surface area contributed by atoms with Gasteiger partial charge in [-0.2, -0.15) is 8.42 Å². The molecule has 0 fully saturated rings. The maximum Gasteiger partial charge on any atom is 0.337 e. The molecule has 3 rings (SSSR count). The summed E-state index contributed by atoms with van der Waals surface area (Å²) in [6.07, 6.45) is 0. The maximum absolute atomic E-state index is 12.5. The van der Waals surface area contributed by atoms with Gasteiger partial charge in [-0.3, -0.25) is 14.8 Å². The minimum Gasteiger partial charge on any atom is -0.465 e. The number of esters is 1. The van der Waals surface area contributed by atoms with Gasteiger partial charge in [-0.1, -0.05) is 41.1 Å². The van der Waals surface area contributed by atoms with E-state index >= 15 is 0 Å². The molecule has 2 N–H and O–H groups in total. The molecule has 3 aromatic rings. The normalized spacial score (nSPS) is 11.0. The molecule has 0 unspecified atom stereocenters. The van der Waals surface area contributed by atoms with Gasteiger partial charge in [-0.05, 0) is 30.3 Å². The van der Waals surface area contributed by atoms with E-state index in [1.165, 1.54) is 37.4 Å². The molecule has 0 aliphatic heterocycles. The zero-order valence-corrected chi connectivity index (χ0v) is 17.1. The number of methoxy groups -OCH3 is 1. The van der Waals surface area contributed by atoms with E-state index in [0.717, 1.165) is 0 Å². The minimum absolute atomic E-state index is 0.0152. The van der Waals surface area contributed by atoms with Crippen LogP contribution in [0, 0.1) is 0 Å². The molecular weight excluding hydrogens is 440 g/mol. The summed E-state index contributed by atoms with van der Waals surface area (Å²) < 4.78 is 31.6. The Bertz CT molecular complexity index is 1180. The second-order valence-corrected chi connectivity index (χ2v) is 8.73. The van der Waals surface area contributed by atoms with Crippen LogP contribution >= 0.6 is 22.9 Å². The highest BCUT2D eigenvalue weighted by Gasteiger charge is 2.22. The van der Waals surface area contributed by atoms with E-state index < -0.39 is 21.9 Å². The van der Waals surface area contributed by atoms with Crippen molar-refractivity contribution in [3.05, 3.63) is 64.7 Å². The Kier molecular flexibility index (Phi) is 6.11. The van der Waals surface area contributed by atoms with Crippen LogP contribution in [-0.4, -0.2) is 37.6 Å². The minimum atomic E-state index is -4.08. The molecule has 0 spiro atoms. The van der Waals surface area contributed by atoms with Crippen molar-refractivity contribution in [2.24, 2.45) is 0 Å². The topological polar surface area (TPSA) is 127 Å². The van der Waals surface area contributed by atoms with Crippen molar-refractivity contribution in [3.8, 4) is 0 Å². The zero-order valence-electron chi connectivity index (χ0n) is 14.7. The van der Waals surface area contributed by atoms with Crippen molar-refractivity contribution in [1.82, 2.24) is 10.2 Å². The number of hydrogen-bond acceptors (Lipinski definition) is 8. The third kappa shape index (κ3) is 4.88. The van der Waals surface area contributed by atoms with Crippen LogP contribution in [0.3, 0.4) is 0 Å². The fraction of sp³-hybridized carbons (Fsp3) is 0.0588. The summed E-state index contributed by atoms with van der Waals surface area (Å²) in [5.41, 5.74) is 0.536. The van der Waals surface area contributed by atoms with Gasteiger partial charge in [-0.15, -0.1) is 10.2 Å². The van der Waals surface area contributed by atoms with Crippen LogP contribution in [-0.2, 0) is 14.8 Å². The lowest BCUT2D eigenvalue weighted by atomic mass is 10.2. The first kappa shape index (κ1) is 20.7. The Morgan fingerprint density at radius 2 is 1.86 bits per heavy atom. The number of halogens is 1. The number of sulfonamides is 1. The lowest BCUT2D eigenvalue weighted by Gasteiger charge is -2.06. The number of nitrogens with zero attached hydrogens (tertiary/aromatic N) is 2. The van der Waals surface area contributed by atoms with E-state index in [1.54, 1.807) is 18.2 Å². The van der Waals surface area contributed by atoms with Crippen molar-refractivity contribution >= 4 is 55.7 Å². The number of rotatable bonds is 6. The molecule has 0 aliphatic rings. The fourth-order valence-corrected chi connectivity index (χ4v) is 4.37. The SMILES string of the molecule is COC(=O)c1cccc(NS(=O)(=O)c2nnc(NC(=O)c3ccccc3Cl)s2)c1. The lowest BCUT2D eigenvalue weighted by Crippen LogP contribution is -2.13. The van der Waals surface area contributed by atoms with Gasteiger partial charge in [0.1, 0.15) is 0 Å². The highest BCUT2D eigenvalue weighted by molar-refractivity contribution is 7.94. The molecule has 2 aromatic carbocycles. The Balaban J connectivity index is 1.76. The number of hydrogen-bond donors (Lipinski definition) is 2. The Morgan fingerprint density at radius 3 is 2.59 bits per heavy atom. The number of ether oxygens (including phenoxy) is 1. The number of amides is 1. The van der Waals surface area contributed by atoms with Crippen LogP contribution < -0.4 is 10.0 Å². The first-order chi connectivity index (χ1) is 13.8. The summed E-state index contributed by atoms with van der Waals surface area (Å²) in [5, 5.41) is 9.97. The van der Waals surface area contributed by atoms with Crippen LogP contribution in [0.2, 0.25) is 5.02 Å². The molecule has 1 heterocycles. The number of benzene rings is 2. The molecule has 1 aromatic heterocycles. The molecule has 9 nitrogen and oxygen atoms in total. The molecule has 0 bridgehead atoms. The summed E-state index contributed by atoms with van der Waals surface area (Å²) in [6, 6.07) is 12.2. The predicted molar refractivity (Wildman–Crippen MR) is 108 cm³/mol. The Hall–Kier alpha value is -3.02. The van der Waals surface area contributed by atoms with Gasteiger partial charge in [0.15, 0.2) is 0 Å². The zero-order chi connectivity index (χ0) is 21.0. The average molecular weight is 453 g/mol. The highest BCUT2D eigenvalue weighted by Crippen LogP contribution is 2.24. The van der Waals surface area contributed by atoms with Gasteiger partial charge in [0, 0.05) is 5.69 Å². The summed E-state index contributed by atoms with van der Waals surface area (Å²) in [7, 11) is -2.86. The third-order valence-corrected chi connectivity index (χ3v) is 6.43. The van der Waals surface area contributed by atoms with Crippen LogP contribution in [0.1, 0.15) is 20.7 Å². The van der Waals surface area contributed by atoms with E-state index in [2.05, 4.69) is 25.0 Å². The van der Waals surface area contributed by atoms with Gasteiger partial charge in [-0.25, -0.2) is 4.79 Å². The van der Waals surface area contributed by atoms with E-state index in [1.807, 2.05) is 0 Å². The molecule has 0 radical (unpaired) electrons. The Labute approximate surface area is 174 Å². The van der Waals surface area contributed by atoms with Crippen molar-refractivity contribution in [2.75, 3.05) is 17.1 Å². The first-order valence-corrected chi connectivity index (χ1v) is 10.6. The monoisotopic (exact) mass is 452 g/mol. The summed E-state index contributed by atoms with van der Waals surface area (Å²) in [5.74, 6) is -1.15. The van der Waals surface area contributed by atoms with Crippen LogP contribution in [0.25, 0.3) is 0 Å². The number of nitrogens with one attached hydrogen (secondary N) is 2. The van der Waals surface area contributed by atoms with Gasteiger partial charge >= 0.3 is 5.97 Å². The Morgan fingerprint density at radius 1 is 1.10 bits per heavy atom. The van der Waals surface area contributed by atoms with Crippen LogP contribution in [0.4, 0.5) is 10.8 Å². The van der Waals surface area contributed by atoms with Crippen LogP contribution in [0.5, 0.6) is 0 Å².